The number of carbonyl (C=O) groups is 1. The van der Waals surface area contributed by atoms with Crippen LogP contribution in [0.5, 0.6) is 0 Å². The third kappa shape index (κ3) is 2.03. The number of aryl methyl sites for hydroxylation is 1. The van der Waals surface area contributed by atoms with E-state index >= 15 is 0 Å². The molecule has 18 heavy (non-hydrogen) atoms. The highest BCUT2D eigenvalue weighted by atomic mass is 16.5. The molecule has 5 nitrogen and oxygen atoms in total. The minimum absolute atomic E-state index is 0.0715. The second-order valence-corrected chi connectivity index (χ2v) is 5.20. The molecule has 2 atom stereocenters. The van der Waals surface area contributed by atoms with Crippen LogP contribution in [-0.4, -0.2) is 40.3 Å². The largest absolute Gasteiger partial charge is 0.381 e. The van der Waals surface area contributed by atoms with Crippen molar-refractivity contribution in [3.05, 3.63) is 18.0 Å². The van der Waals surface area contributed by atoms with Gasteiger partial charge in [0.15, 0.2) is 0 Å². The van der Waals surface area contributed by atoms with E-state index in [0.717, 1.165) is 38.0 Å². The molecule has 5 heteroatoms. The fourth-order valence-electron chi connectivity index (χ4n) is 2.95. The van der Waals surface area contributed by atoms with E-state index in [1.165, 1.54) is 0 Å². The monoisotopic (exact) mass is 249 g/mol. The van der Waals surface area contributed by atoms with Crippen LogP contribution in [0.2, 0.25) is 0 Å². The van der Waals surface area contributed by atoms with Crippen molar-refractivity contribution < 1.29 is 9.53 Å². The normalized spacial score (nSPS) is 27.9. The molecule has 1 amide bonds. The Morgan fingerprint density at radius 2 is 2.39 bits per heavy atom. The molecule has 98 valence electrons. The van der Waals surface area contributed by atoms with Crippen LogP contribution in [0.3, 0.4) is 0 Å². The topological polar surface area (TPSA) is 47.4 Å². The highest BCUT2D eigenvalue weighted by molar-refractivity contribution is 5.80. The Kier molecular flexibility index (Phi) is 3.07. The number of nitrogens with zero attached hydrogens (tertiary/aromatic N) is 3. The summed E-state index contributed by atoms with van der Waals surface area (Å²) in [6.07, 6.45) is 6.89. The first-order valence-electron chi connectivity index (χ1n) is 6.62. The average molecular weight is 249 g/mol. The van der Waals surface area contributed by atoms with Gasteiger partial charge in [-0.05, 0) is 19.3 Å². The minimum atomic E-state index is 0.0715. The zero-order valence-electron chi connectivity index (χ0n) is 10.7. The van der Waals surface area contributed by atoms with Crippen molar-refractivity contribution >= 4 is 5.91 Å². The van der Waals surface area contributed by atoms with Crippen molar-refractivity contribution in [1.29, 1.82) is 0 Å². The van der Waals surface area contributed by atoms with E-state index in [2.05, 4.69) is 5.10 Å². The standard InChI is InChI=1S/C13H19N3O2/c1-15-8-11(7-14-15)12-3-2-5-16(12)13(17)10-4-6-18-9-10/h7-8,10,12H,2-6,9H2,1H3/t10-,12-/m0/s1. The molecule has 0 radical (unpaired) electrons. The molecule has 0 bridgehead atoms. The molecule has 2 fully saturated rings. The third-order valence-electron chi connectivity index (χ3n) is 3.92. The number of amides is 1. The zero-order chi connectivity index (χ0) is 12.5. The number of hydrogen-bond donors (Lipinski definition) is 0. The van der Waals surface area contributed by atoms with E-state index in [-0.39, 0.29) is 17.9 Å². The Balaban J connectivity index is 1.76. The molecule has 3 heterocycles. The summed E-state index contributed by atoms with van der Waals surface area (Å²) in [5, 5.41) is 4.21. The van der Waals surface area contributed by atoms with Gasteiger partial charge in [0, 0.05) is 32.0 Å². The molecule has 0 unspecified atom stereocenters. The highest BCUT2D eigenvalue weighted by Gasteiger charge is 2.35. The molecular formula is C13H19N3O2. The van der Waals surface area contributed by atoms with Gasteiger partial charge in [-0.2, -0.15) is 5.10 Å². The van der Waals surface area contributed by atoms with E-state index in [0.29, 0.717) is 6.61 Å². The number of rotatable bonds is 2. The molecule has 3 rings (SSSR count). The van der Waals surface area contributed by atoms with Crippen LogP contribution >= 0.6 is 0 Å². The van der Waals surface area contributed by atoms with Gasteiger partial charge in [0.05, 0.1) is 24.8 Å². The van der Waals surface area contributed by atoms with Crippen molar-refractivity contribution in [2.75, 3.05) is 19.8 Å². The lowest BCUT2D eigenvalue weighted by atomic mass is 10.0. The summed E-state index contributed by atoms with van der Waals surface area (Å²) in [4.78, 5) is 14.5. The number of hydrogen-bond acceptors (Lipinski definition) is 3. The fourth-order valence-corrected chi connectivity index (χ4v) is 2.95. The SMILES string of the molecule is Cn1cc([C@@H]2CCCN2C(=O)[C@H]2CCOC2)cn1. The van der Waals surface area contributed by atoms with Gasteiger partial charge in [0.2, 0.25) is 5.91 Å². The summed E-state index contributed by atoms with van der Waals surface area (Å²) >= 11 is 0. The third-order valence-corrected chi connectivity index (χ3v) is 3.92. The molecule has 0 spiro atoms. The molecule has 0 aliphatic carbocycles. The van der Waals surface area contributed by atoms with Gasteiger partial charge in [-0.1, -0.05) is 0 Å². The minimum Gasteiger partial charge on any atom is -0.381 e. The van der Waals surface area contributed by atoms with Crippen molar-refractivity contribution in [3.8, 4) is 0 Å². The Morgan fingerprint density at radius 1 is 1.50 bits per heavy atom. The van der Waals surface area contributed by atoms with Crippen molar-refractivity contribution in [2.45, 2.75) is 25.3 Å². The first kappa shape index (κ1) is 11.7. The number of aromatic nitrogens is 2. The fraction of sp³-hybridized carbons (Fsp3) is 0.692. The van der Waals surface area contributed by atoms with Crippen LogP contribution in [0.15, 0.2) is 12.4 Å². The van der Waals surface area contributed by atoms with Gasteiger partial charge in [-0.3, -0.25) is 9.48 Å². The molecule has 0 saturated carbocycles. The molecular weight excluding hydrogens is 230 g/mol. The molecule has 2 aliphatic heterocycles. The summed E-state index contributed by atoms with van der Waals surface area (Å²) < 4.78 is 7.12. The smallest absolute Gasteiger partial charge is 0.228 e. The Morgan fingerprint density at radius 3 is 3.06 bits per heavy atom. The summed E-state index contributed by atoms with van der Waals surface area (Å²) in [5.74, 6) is 0.334. The summed E-state index contributed by atoms with van der Waals surface area (Å²) in [7, 11) is 1.91. The van der Waals surface area contributed by atoms with Crippen LogP contribution < -0.4 is 0 Å². The van der Waals surface area contributed by atoms with E-state index < -0.39 is 0 Å². The van der Waals surface area contributed by atoms with Gasteiger partial charge < -0.3 is 9.64 Å². The van der Waals surface area contributed by atoms with Gasteiger partial charge in [0.25, 0.3) is 0 Å². The van der Waals surface area contributed by atoms with E-state index in [1.54, 1.807) is 4.68 Å². The van der Waals surface area contributed by atoms with Crippen LogP contribution in [0.1, 0.15) is 30.9 Å². The lowest BCUT2D eigenvalue weighted by Crippen LogP contribution is -2.35. The summed E-state index contributed by atoms with van der Waals surface area (Å²) in [5.41, 5.74) is 1.15. The van der Waals surface area contributed by atoms with Crippen LogP contribution in [0.4, 0.5) is 0 Å². The lowest BCUT2D eigenvalue weighted by Gasteiger charge is -2.26. The quantitative estimate of drug-likeness (QED) is 0.789. The van der Waals surface area contributed by atoms with Crippen molar-refractivity contribution in [2.24, 2.45) is 13.0 Å². The average Bonchev–Trinajstić information content (AvgIpc) is 3.09. The number of carbonyl (C=O) groups excluding carboxylic acids is 1. The second kappa shape index (κ2) is 4.72. The van der Waals surface area contributed by atoms with E-state index in [1.807, 2.05) is 24.3 Å². The van der Waals surface area contributed by atoms with Gasteiger partial charge >= 0.3 is 0 Å². The molecule has 2 aliphatic rings. The molecule has 1 aromatic rings. The van der Waals surface area contributed by atoms with Gasteiger partial charge in [-0.25, -0.2) is 0 Å². The maximum Gasteiger partial charge on any atom is 0.228 e. The predicted molar refractivity (Wildman–Crippen MR) is 65.8 cm³/mol. The number of likely N-dealkylation sites (tertiary alicyclic amines) is 1. The van der Waals surface area contributed by atoms with Crippen LogP contribution in [-0.2, 0) is 16.6 Å². The van der Waals surface area contributed by atoms with Crippen molar-refractivity contribution in [3.63, 3.8) is 0 Å². The number of ether oxygens (including phenoxy) is 1. The molecule has 0 N–H and O–H groups in total. The highest BCUT2D eigenvalue weighted by Crippen LogP contribution is 2.33. The van der Waals surface area contributed by atoms with E-state index in [9.17, 15) is 4.79 Å². The molecule has 2 saturated heterocycles. The van der Waals surface area contributed by atoms with Crippen molar-refractivity contribution in [1.82, 2.24) is 14.7 Å². The molecule has 1 aromatic heterocycles. The van der Waals surface area contributed by atoms with Gasteiger partial charge in [0.1, 0.15) is 0 Å². The predicted octanol–water partition coefficient (Wildman–Crippen LogP) is 1.12. The molecule has 0 aromatic carbocycles. The lowest BCUT2D eigenvalue weighted by molar-refractivity contribution is -0.136. The maximum atomic E-state index is 12.5. The van der Waals surface area contributed by atoms with E-state index in [4.69, 9.17) is 4.74 Å². The zero-order valence-corrected chi connectivity index (χ0v) is 10.7. The van der Waals surface area contributed by atoms with Crippen LogP contribution in [0.25, 0.3) is 0 Å². The van der Waals surface area contributed by atoms with Gasteiger partial charge in [-0.15, -0.1) is 0 Å². The second-order valence-electron chi connectivity index (χ2n) is 5.20. The first-order valence-corrected chi connectivity index (χ1v) is 6.62. The van der Waals surface area contributed by atoms with Crippen LogP contribution in [0, 0.1) is 5.92 Å². The summed E-state index contributed by atoms with van der Waals surface area (Å²) in [6, 6.07) is 0.215. The Bertz CT molecular complexity index is 437. The Labute approximate surface area is 107 Å². The maximum absolute atomic E-state index is 12.5. The Hall–Kier alpha value is -1.36. The summed E-state index contributed by atoms with van der Waals surface area (Å²) in [6.45, 7) is 2.19. The first-order chi connectivity index (χ1) is 8.75.